The number of nitrogens with one attached hydrogen (secondary N) is 1. The van der Waals surface area contributed by atoms with E-state index in [4.69, 9.17) is 5.11 Å². The molecule has 1 aromatic heterocycles. The molecule has 1 rings (SSSR count). The number of aliphatic hydroxyl groups excluding tert-OH is 1. The van der Waals surface area contributed by atoms with Gasteiger partial charge >= 0.3 is 0 Å². The van der Waals surface area contributed by atoms with Crippen molar-refractivity contribution < 1.29 is 14.1 Å². The molecular formula is C14H18N2O3S. The highest BCUT2D eigenvalue weighted by molar-refractivity contribution is 7.84. The molecule has 0 aliphatic rings. The number of pyridine rings is 1. The van der Waals surface area contributed by atoms with E-state index in [2.05, 4.69) is 22.1 Å². The number of rotatable bonds is 5. The summed E-state index contributed by atoms with van der Waals surface area (Å²) in [6.07, 6.45) is 5.31. The number of hydrogen-bond donors (Lipinski definition) is 2. The molecule has 0 fully saturated rings. The van der Waals surface area contributed by atoms with Crippen LogP contribution in [0.15, 0.2) is 18.5 Å². The highest BCUT2D eigenvalue weighted by Gasteiger charge is 2.11. The van der Waals surface area contributed by atoms with Crippen LogP contribution in [0.2, 0.25) is 0 Å². The lowest BCUT2D eigenvalue weighted by molar-refractivity contribution is 0.0953. The van der Waals surface area contributed by atoms with Crippen LogP contribution in [0.3, 0.4) is 0 Å². The smallest absolute Gasteiger partial charge is 0.252 e. The van der Waals surface area contributed by atoms with Crippen LogP contribution in [0.4, 0.5) is 0 Å². The van der Waals surface area contributed by atoms with Crippen LogP contribution in [-0.2, 0) is 10.8 Å². The molecule has 0 aliphatic carbocycles. The van der Waals surface area contributed by atoms with Crippen molar-refractivity contribution in [2.24, 2.45) is 0 Å². The Morgan fingerprint density at radius 1 is 1.60 bits per heavy atom. The van der Waals surface area contributed by atoms with Crippen LogP contribution in [0.5, 0.6) is 0 Å². The summed E-state index contributed by atoms with van der Waals surface area (Å²) in [4.78, 5) is 15.9. The number of carbonyl (C=O) groups is 1. The molecule has 2 N–H and O–H groups in total. The van der Waals surface area contributed by atoms with Crippen molar-refractivity contribution in [1.82, 2.24) is 10.3 Å². The molecule has 2 unspecified atom stereocenters. The molecule has 0 spiro atoms. The van der Waals surface area contributed by atoms with Gasteiger partial charge in [-0.25, -0.2) is 0 Å². The fourth-order valence-corrected chi connectivity index (χ4v) is 1.93. The highest BCUT2D eigenvalue weighted by Crippen LogP contribution is 2.05. The Bertz CT molecular complexity index is 549. The van der Waals surface area contributed by atoms with Gasteiger partial charge in [0.25, 0.3) is 5.91 Å². The van der Waals surface area contributed by atoms with Gasteiger partial charge in [-0.15, -0.1) is 0 Å². The van der Waals surface area contributed by atoms with Crippen molar-refractivity contribution in [1.29, 1.82) is 0 Å². The van der Waals surface area contributed by atoms with Crippen LogP contribution in [0.25, 0.3) is 0 Å². The largest absolute Gasteiger partial charge is 0.384 e. The van der Waals surface area contributed by atoms with Gasteiger partial charge in [0.05, 0.1) is 11.1 Å². The number of carbonyl (C=O) groups excluding carboxylic acids is 1. The molecule has 0 saturated heterocycles. The van der Waals surface area contributed by atoms with E-state index in [1.165, 1.54) is 12.4 Å². The van der Waals surface area contributed by atoms with Crippen LogP contribution in [-0.4, -0.2) is 44.9 Å². The summed E-state index contributed by atoms with van der Waals surface area (Å²) in [5.74, 6) is 4.94. The number of aromatic nitrogens is 1. The molecule has 0 saturated carbocycles. The van der Waals surface area contributed by atoms with Crippen LogP contribution >= 0.6 is 0 Å². The Hall–Kier alpha value is -1.71. The minimum atomic E-state index is -0.890. The van der Waals surface area contributed by atoms with Gasteiger partial charge < -0.3 is 10.4 Å². The molecule has 2 atom stereocenters. The van der Waals surface area contributed by atoms with Gasteiger partial charge in [-0.05, 0) is 12.5 Å². The zero-order valence-corrected chi connectivity index (χ0v) is 12.4. The third kappa shape index (κ3) is 5.11. The van der Waals surface area contributed by atoms with Gasteiger partial charge in [0.1, 0.15) is 6.61 Å². The summed E-state index contributed by atoms with van der Waals surface area (Å²) in [7, 11) is -0.890. The molecule has 0 aliphatic heterocycles. The lowest BCUT2D eigenvalue weighted by atomic mass is 10.1. The number of nitrogens with zero attached hydrogens (tertiary/aromatic N) is 1. The normalized spacial score (nSPS) is 12.9. The van der Waals surface area contributed by atoms with Gasteiger partial charge in [-0.1, -0.05) is 18.8 Å². The summed E-state index contributed by atoms with van der Waals surface area (Å²) in [5, 5.41) is 11.5. The van der Waals surface area contributed by atoms with E-state index in [9.17, 15) is 9.00 Å². The lowest BCUT2D eigenvalue weighted by Gasteiger charge is -2.10. The van der Waals surface area contributed by atoms with E-state index in [1.807, 2.05) is 6.92 Å². The lowest BCUT2D eigenvalue weighted by Crippen LogP contribution is -2.28. The van der Waals surface area contributed by atoms with Gasteiger partial charge in [-0.2, -0.15) is 0 Å². The molecule has 1 amide bonds. The van der Waals surface area contributed by atoms with Crippen molar-refractivity contribution in [2.75, 3.05) is 19.4 Å². The van der Waals surface area contributed by atoms with Gasteiger partial charge in [-0.3, -0.25) is 14.0 Å². The third-order valence-corrected chi connectivity index (χ3v) is 4.14. The Morgan fingerprint density at radius 2 is 2.35 bits per heavy atom. The number of aliphatic hydroxyl groups is 1. The maximum atomic E-state index is 12.0. The molecule has 1 aromatic rings. The molecule has 6 heteroatoms. The predicted octanol–water partition coefficient (Wildman–Crippen LogP) is 0.312. The predicted molar refractivity (Wildman–Crippen MR) is 78.7 cm³/mol. The van der Waals surface area contributed by atoms with E-state index in [-0.39, 0.29) is 17.8 Å². The zero-order valence-electron chi connectivity index (χ0n) is 11.5. The van der Waals surface area contributed by atoms with E-state index >= 15 is 0 Å². The second kappa shape index (κ2) is 8.46. The van der Waals surface area contributed by atoms with Crippen molar-refractivity contribution in [2.45, 2.75) is 18.6 Å². The maximum absolute atomic E-state index is 12.0. The summed E-state index contributed by atoms with van der Waals surface area (Å²) >= 11 is 0. The molecular weight excluding hydrogens is 276 g/mol. The fraction of sp³-hybridized carbons (Fsp3) is 0.429. The van der Waals surface area contributed by atoms with E-state index in [0.717, 1.165) is 0 Å². The monoisotopic (exact) mass is 294 g/mol. The maximum Gasteiger partial charge on any atom is 0.252 e. The standard InChI is InChI=1S/C14H18N2O3S/c1-11(20(2)19)5-8-16-14(18)13-6-7-15-10-12(13)4-3-9-17/h6-7,10-11,17H,5,8-9H2,1-2H3,(H,16,18). The Kier molecular flexibility index (Phi) is 6.91. The number of hydrogen-bond acceptors (Lipinski definition) is 4. The Morgan fingerprint density at radius 3 is 3.00 bits per heavy atom. The first-order chi connectivity index (χ1) is 9.56. The first kappa shape index (κ1) is 16.3. The van der Waals surface area contributed by atoms with Crippen LogP contribution < -0.4 is 5.32 Å². The van der Waals surface area contributed by atoms with E-state index in [0.29, 0.717) is 24.1 Å². The first-order valence-corrected chi connectivity index (χ1v) is 7.82. The molecule has 0 radical (unpaired) electrons. The summed E-state index contributed by atoms with van der Waals surface area (Å²) in [5.41, 5.74) is 0.900. The fourth-order valence-electron chi connectivity index (χ4n) is 1.48. The Balaban J connectivity index is 2.66. The third-order valence-electron chi connectivity index (χ3n) is 2.77. The zero-order chi connectivity index (χ0) is 15.0. The second-order valence-electron chi connectivity index (χ2n) is 4.23. The van der Waals surface area contributed by atoms with E-state index in [1.54, 1.807) is 12.3 Å². The van der Waals surface area contributed by atoms with Gasteiger partial charge in [0, 0.05) is 41.2 Å². The summed E-state index contributed by atoms with van der Waals surface area (Å²) in [6, 6.07) is 1.58. The highest BCUT2D eigenvalue weighted by atomic mass is 32.2. The minimum absolute atomic E-state index is 0.0430. The topological polar surface area (TPSA) is 79.3 Å². The van der Waals surface area contributed by atoms with Crippen LogP contribution in [0, 0.1) is 11.8 Å². The molecule has 108 valence electrons. The molecule has 0 bridgehead atoms. The van der Waals surface area contributed by atoms with Crippen molar-refractivity contribution >= 4 is 16.7 Å². The molecule has 1 heterocycles. The number of amides is 1. The van der Waals surface area contributed by atoms with Crippen molar-refractivity contribution in [3.05, 3.63) is 29.6 Å². The summed E-state index contributed by atoms with van der Waals surface area (Å²) < 4.78 is 11.2. The van der Waals surface area contributed by atoms with Crippen LogP contribution in [0.1, 0.15) is 29.3 Å². The van der Waals surface area contributed by atoms with Crippen molar-refractivity contribution in [3.8, 4) is 11.8 Å². The SMILES string of the molecule is CC(CCNC(=O)c1ccncc1C#CCO)S(C)=O. The molecule has 20 heavy (non-hydrogen) atoms. The molecule has 5 nitrogen and oxygen atoms in total. The second-order valence-corrected chi connectivity index (χ2v) is 6.04. The summed E-state index contributed by atoms with van der Waals surface area (Å²) in [6.45, 7) is 2.07. The Labute approximate surface area is 121 Å². The van der Waals surface area contributed by atoms with Gasteiger partial charge in [0.2, 0.25) is 0 Å². The average Bonchev–Trinajstić information content (AvgIpc) is 2.45. The molecule has 0 aromatic carbocycles. The van der Waals surface area contributed by atoms with E-state index < -0.39 is 10.8 Å². The average molecular weight is 294 g/mol. The minimum Gasteiger partial charge on any atom is -0.384 e. The van der Waals surface area contributed by atoms with Crippen molar-refractivity contribution in [3.63, 3.8) is 0 Å². The first-order valence-electron chi connectivity index (χ1n) is 6.20. The quantitative estimate of drug-likeness (QED) is 0.766. The van der Waals surface area contributed by atoms with Gasteiger partial charge in [0.15, 0.2) is 0 Å².